The predicted octanol–water partition coefficient (Wildman–Crippen LogP) is 5.40. The molecule has 3 nitrogen and oxygen atoms in total. The lowest BCUT2D eigenvalue weighted by Crippen LogP contribution is -2.04. The fourth-order valence-electron chi connectivity index (χ4n) is 2.85. The first-order chi connectivity index (χ1) is 11.8. The van der Waals surface area contributed by atoms with Gasteiger partial charge in [-0.2, -0.15) is 0 Å². The molecule has 0 unspecified atom stereocenters. The minimum absolute atomic E-state index is 0.302. The average Bonchev–Trinajstić information content (AvgIpc) is 3.11. The average molecular weight is 323 g/mol. The van der Waals surface area contributed by atoms with Crippen LogP contribution < -0.4 is 5.63 Å². The number of rotatable bonds is 1. The van der Waals surface area contributed by atoms with Crippen LogP contribution in [0, 0.1) is 0 Å². The molecule has 0 aliphatic heterocycles. The zero-order chi connectivity index (χ0) is 17.5. The highest BCUT2D eigenvalue weighted by Gasteiger charge is 2.15. The molecule has 4 rings (SSSR count). The first-order valence-corrected chi connectivity index (χ1v) is 8.83. The third-order valence-corrected chi connectivity index (χ3v) is 3.86. The third kappa shape index (κ3) is 3.56. The summed E-state index contributed by atoms with van der Waals surface area (Å²) in [4.78, 5) is 16.7. The highest BCUT2D eigenvalue weighted by Crippen LogP contribution is 2.26. The molecule has 1 heterocycles. The van der Waals surface area contributed by atoms with Crippen molar-refractivity contribution in [1.29, 1.82) is 0 Å². The molecular weight excluding hydrogens is 298 g/mol. The summed E-state index contributed by atoms with van der Waals surface area (Å²) in [7, 11) is 0. The second-order valence-corrected chi connectivity index (χ2v) is 5.16. The van der Waals surface area contributed by atoms with E-state index >= 15 is 0 Å². The van der Waals surface area contributed by atoms with E-state index in [0.29, 0.717) is 11.3 Å². The van der Waals surface area contributed by atoms with Gasteiger partial charge in [-0.3, -0.25) is 0 Å². The maximum absolute atomic E-state index is 12.2. The molecule has 0 bridgehead atoms. The van der Waals surface area contributed by atoms with Gasteiger partial charge in [0.25, 0.3) is 0 Å². The van der Waals surface area contributed by atoms with E-state index in [-0.39, 0.29) is 5.63 Å². The molecule has 2 aromatic carbocycles. The smallest absolute Gasteiger partial charge is 0.347 e. The molecule has 0 atom stereocenters. The SMILES string of the molecule is CC.CC.O=c1oc(-c2ccccc2)nc2cc3c(cc12)CCC3. The summed E-state index contributed by atoms with van der Waals surface area (Å²) in [6.07, 6.45) is 3.28. The molecule has 3 aromatic rings. The van der Waals surface area contributed by atoms with Crippen LogP contribution in [0.2, 0.25) is 0 Å². The Bertz CT molecular complexity index is 851. The van der Waals surface area contributed by atoms with Crippen molar-refractivity contribution in [3.63, 3.8) is 0 Å². The van der Waals surface area contributed by atoms with Crippen molar-refractivity contribution in [2.24, 2.45) is 0 Å². The normalized spacial score (nSPS) is 11.8. The van der Waals surface area contributed by atoms with Gasteiger partial charge in [-0.25, -0.2) is 9.78 Å². The van der Waals surface area contributed by atoms with Crippen LogP contribution in [0.5, 0.6) is 0 Å². The number of benzene rings is 2. The Morgan fingerprint density at radius 3 is 2.21 bits per heavy atom. The first-order valence-electron chi connectivity index (χ1n) is 8.83. The van der Waals surface area contributed by atoms with Crippen molar-refractivity contribution < 1.29 is 4.42 Å². The maximum atomic E-state index is 12.2. The molecule has 0 amide bonds. The summed E-state index contributed by atoms with van der Waals surface area (Å²) in [6.45, 7) is 8.00. The lowest BCUT2D eigenvalue weighted by atomic mass is 10.1. The van der Waals surface area contributed by atoms with E-state index in [1.807, 2.05) is 70.2 Å². The minimum Gasteiger partial charge on any atom is -0.403 e. The van der Waals surface area contributed by atoms with Crippen molar-refractivity contribution in [3.05, 3.63) is 64.0 Å². The van der Waals surface area contributed by atoms with Crippen LogP contribution in [0.25, 0.3) is 22.4 Å². The zero-order valence-corrected chi connectivity index (χ0v) is 14.9. The number of hydrogen-bond acceptors (Lipinski definition) is 3. The molecule has 0 saturated carbocycles. The Morgan fingerprint density at radius 2 is 1.54 bits per heavy atom. The Kier molecular flexibility index (Phi) is 6.30. The Balaban J connectivity index is 0.000000487. The maximum Gasteiger partial charge on any atom is 0.347 e. The lowest BCUT2D eigenvalue weighted by Gasteiger charge is -2.04. The van der Waals surface area contributed by atoms with Crippen LogP contribution in [0.3, 0.4) is 0 Å². The fraction of sp³-hybridized carbons (Fsp3) is 0.333. The summed E-state index contributed by atoms with van der Waals surface area (Å²) in [5.74, 6) is 0.390. The van der Waals surface area contributed by atoms with Crippen molar-refractivity contribution in [2.45, 2.75) is 47.0 Å². The minimum atomic E-state index is -0.302. The van der Waals surface area contributed by atoms with Gasteiger partial charge in [0, 0.05) is 5.56 Å². The molecule has 0 saturated heterocycles. The van der Waals surface area contributed by atoms with Crippen LogP contribution >= 0.6 is 0 Å². The highest BCUT2D eigenvalue weighted by atomic mass is 16.4. The second kappa shape index (κ2) is 8.44. The van der Waals surface area contributed by atoms with Crippen LogP contribution in [0.4, 0.5) is 0 Å². The van der Waals surface area contributed by atoms with Gasteiger partial charge in [0.05, 0.1) is 10.9 Å². The van der Waals surface area contributed by atoms with Gasteiger partial charge in [0.15, 0.2) is 0 Å². The number of nitrogens with zero attached hydrogens (tertiary/aromatic N) is 1. The van der Waals surface area contributed by atoms with E-state index in [1.165, 1.54) is 11.1 Å². The largest absolute Gasteiger partial charge is 0.403 e. The lowest BCUT2D eigenvalue weighted by molar-refractivity contribution is 0.518. The Hall–Kier alpha value is -2.42. The van der Waals surface area contributed by atoms with E-state index in [9.17, 15) is 4.79 Å². The molecular formula is C21H25NO2. The summed E-state index contributed by atoms with van der Waals surface area (Å²) < 4.78 is 5.37. The van der Waals surface area contributed by atoms with E-state index in [0.717, 1.165) is 30.3 Å². The van der Waals surface area contributed by atoms with Crippen LogP contribution in [-0.4, -0.2) is 4.98 Å². The standard InChI is InChI=1S/C17H13NO2.2C2H6/c19-17-14-9-12-7-4-8-13(12)10-15(14)18-16(20-17)11-5-2-1-3-6-11;2*1-2/h1-3,5-6,9-10H,4,7-8H2;2*1-2H3. The molecule has 0 radical (unpaired) electrons. The third-order valence-electron chi connectivity index (χ3n) is 3.86. The molecule has 126 valence electrons. The number of aryl methyl sites for hydroxylation is 2. The van der Waals surface area contributed by atoms with Crippen molar-refractivity contribution >= 4 is 10.9 Å². The molecule has 1 aliphatic rings. The Morgan fingerprint density at radius 1 is 0.917 bits per heavy atom. The molecule has 3 heteroatoms. The second-order valence-electron chi connectivity index (χ2n) is 5.16. The molecule has 0 fully saturated rings. The van der Waals surface area contributed by atoms with Gasteiger partial charge < -0.3 is 4.42 Å². The van der Waals surface area contributed by atoms with Gasteiger partial charge >= 0.3 is 5.63 Å². The van der Waals surface area contributed by atoms with Crippen molar-refractivity contribution in [3.8, 4) is 11.5 Å². The molecule has 0 N–H and O–H groups in total. The quantitative estimate of drug-likeness (QED) is 0.602. The monoisotopic (exact) mass is 323 g/mol. The molecule has 1 aliphatic carbocycles. The number of aromatic nitrogens is 1. The topological polar surface area (TPSA) is 43.1 Å². The summed E-state index contributed by atoms with van der Waals surface area (Å²) in [5, 5.41) is 0.588. The van der Waals surface area contributed by atoms with Gasteiger partial charge in [0.2, 0.25) is 5.89 Å². The van der Waals surface area contributed by atoms with Gasteiger partial charge in [-0.05, 0) is 54.7 Å². The van der Waals surface area contributed by atoms with Gasteiger partial charge in [-0.1, -0.05) is 45.9 Å². The Labute approximate surface area is 143 Å². The highest BCUT2D eigenvalue weighted by molar-refractivity contribution is 5.80. The summed E-state index contributed by atoms with van der Waals surface area (Å²) >= 11 is 0. The van der Waals surface area contributed by atoms with Crippen LogP contribution in [0.1, 0.15) is 45.2 Å². The predicted molar refractivity (Wildman–Crippen MR) is 100 cm³/mol. The van der Waals surface area contributed by atoms with E-state index in [2.05, 4.69) is 4.98 Å². The van der Waals surface area contributed by atoms with E-state index in [1.54, 1.807) is 0 Å². The molecule has 24 heavy (non-hydrogen) atoms. The van der Waals surface area contributed by atoms with Gasteiger partial charge in [0.1, 0.15) is 0 Å². The fourth-order valence-corrected chi connectivity index (χ4v) is 2.85. The number of hydrogen-bond donors (Lipinski definition) is 0. The summed E-state index contributed by atoms with van der Waals surface area (Å²) in [6, 6.07) is 13.5. The molecule has 1 aromatic heterocycles. The van der Waals surface area contributed by atoms with Crippen molar-refractivity contribution in [2.75, 3.05) is 0 Å². The first kappa shape index (κ1) is 17.9. The van der Waals surface area contributed by atoms with Crippen LogP contribution in [0.15, 0.2) is 51.7 Å². The zero-order valence-electron chi connectivity index (χ0n) is 14.9. The van der Waals surface area contributed by atoms with Gasteiger partial charge in [-0.15, -0.1) is 0 Å². The van der Waals surface area contributed by atoms with E-state index < -0.39 is 0 Å². The van der Waals surface area contributed by atoms with Crippen LogP contribution in [-0.2, 0) is 12.8 Å². The molecule has 0 spiro atoms. The number of fused-ring (bicyclic) bond motifs is 2. The summed E-state index contributed by atoms with van der Waals surface area (Å²) in [5.41, 5.74) is 3.84. The van der Waals surface area contributed by atoms with Crippen molar-refractivity contribution in [1.82, 2.24) is 4.98 Å². The van der Waals surface area contributed by atoms with E-state index in [4.69, 9.17) is 4.42 Å².